The van der Waals surface area contributed by atoms with Crippen LogP contribution < -0.4 is 0 Å². The molecule has 0 unspecified atom stereocenters. The van der Waals surface area contributed by atoms with E-state index in [4.69, 9.17) is 11.5 Å². The Morgan fingerprint density at radius 1 is 1.00 bits per heavy atom. The number of hydrogen-bond donors (Lipinski definition) is 0. The molecule has 0 rings (SSSR count). The Bertz CT molecular complexity index is 111. The predicted molar refractivity (Wildman–Crippen MR) is 76.2 cm³/mol. The maximum atomic E-state index is 5.34. The molecule has 0 atom stereocenters. The van der Waals surface area contributed by atoms with Crippen LogP contribution in [-0.4, -0.2) is 33.2 Å². The summed E-state index contributed by atoms with van der Waals surface area (Å²) in [5.41, 5.74) is 0. The molecule has 6 heteroatoms. The molecule has 0 saturated heterocycles. The Balaban J connectivity index is 0. The molecule has 0 aromatic carbocycles. The molecule has 0 heterocycles. The van der Waals surface area contributed by atoms with Crippen LogP contribution in [0, 0.1) is 0 Å². The van der Waals surface area contributed by atoms with E-state index in [1.165, 1.54) is 24.1 Å². The van der Waals surface area contributed by atoms with Gasteiger partial charge < -0.3 is 63.2 Å². The summed E-state index contributed by atoms with van der Waals surface area (Å²) in [5, 5.41) is 0. The third-order valence-corrected chi connectivity index (χ3v) is 2.29. The van der Waals surface area contributed by atoms with Crippen LogP contribution >= 0.6 is 58.7 Å². The van der Waals surface area contributed by atoms with Gasteiger partial charge in [-0.25, -0.2) is 0 Å². The number of rotatable bonds is 3. The van der Waals surface area contributed by atoms with Crippen LogP contribution in [0.15, 0.2) is 0 Å². The predicted octanol–water partition coefficient (Wildman–Crippen LogP) is 4.34. The van der Waals surface area contributed by atoms with Crippen LogP contribution in [0.1, 0.15) is 20.8 Å². The summed E-state index contributed by atoms with van der Waals surface area (Å²) in [7, 11) is 2.29. The molecule has 0 aromatic heterocycles. The zero-order chi connectivity index (χ0) is 11.1. The van der Waals surface area contributed by atoms with Crippen molar-refractivity contribution in [1.29, 1.82) is 0 Å². The first kappa shape index (κ1) is 17.2. The molecule has 0 amide bonds. The van der Waals surface area contributed by atoms with E-state index in [0.717, 1.165) is 0 Å². The third kappa shape index (κ3) is 16.4. The zero-order valence-corrected chi connectivity index (χ0v) is 14.2. The Morgan fingerprint density at radius 2 is 1.15 bits per heavy atom. The van der Waals surface area contributed by atoms with Crippen molar-refractivity contribution in [2.24, 2.45) is 0 Å². The minimum absolute atomic E-state index is 1.09. The minimum Gasteiger partial charge on any atom is -0.346 e. The quantitative estimate of drug-likeness (QED) is 0.487. The molecule has 0 N–H and O–H groups in total. The van der Waals surface area contributed by atoms with Gasteiger partial charge in [-0.3, -0.25) is 0 Å². The van der Waals surface area contributed by atoms with Crippen molar-refractivity contribution in [1.82, 2.24) is 0 Å². The van der Waals surface area contributed by atoms with E-state index in [2.05, 4.69) is 75.1 Å². The highest BCUT2D eigenvalue weighted by Gasteiger charge is 2.10. The van der Waals surface area contributed by atoms with Gasteiger partial charge in [0.25, 0.3) is 2.03 Å². The van der Waals surface area contributed by atoms with Gasteiger partial charge in [0.05, 0.1) is 26.7 Å². The Kier molecular flexibility index (Phi) is 10.5. The van der Waals surface area contributed by atoms with Crippen molar-refractivity contribution in [2.75, 3.05) is 26.7 Å². The molecule has 0 aliphatic heterocycles. The fraction of sp³-hybridized carbons (Fsp3) is 1.00. The SMILES string of the molecule is CC[N+](C)(CC)CC.Cl[B-](Br)(Br)Br. The van der Waals surface area contributed by atoms with Crippen molar-refractivity contribution in [3.05, 3.63) is 0 Å². The first-order valence-electron chi connectivity index (χ1n) is 4.39. The van der Waals surface area contributed by atoms with Crippen LogP contribution in [0.25, 0.3) is 0 Å². The standard InChI is InChI=1S/C7H18N.BBr3Cl/c1-5-8(4,6-2)7-3;2-1(3,4)5/h5-7H2,1-4H3;/q+1;-1. The van der Waals surface area contributed by atoms with Crippen molar-refractivity contribution in [3.8, 4) is 0 Å². The van der Waals surface area contributed by atoms with Gasteiger partial charge in [-0.2, -0.15) is 0 Å². The lowest BCUT2D eigenvalue weighted by atomic mass is 10.4. The summed E-state index contributed by atoms with van der Waals surface area (Å²) in [6.07, 6.45) is 0. The zero-order valence-electron chi connectivity index (χ0n) is 8.66. The molecule has 0 spiro atoms. The molecule has 0 aliphatic rings. The van der Waals surface area contributed by atoms with E-state index in [-0.39, 0.29) is 0 Å². The van der Waals surface area contributed by atoms with Gasteiger partial charge in [-0.1, -0.05) is 0 Å². The molecule has 1 nitrogen and oxygen atoms in total. The van der Waals surface area contributed by atoms with Crippen LogP contribution in [0.3, 0.4) is 0 Å². The van der Waals surface area contributed by atoms with E-state index in [1.807, 2.05) is 0 Å². The van der Waals surface area contributed by atoms with E-state index in [1.54, 1.807) is 0 Å². The van der Waals surface area contributed by atoms with E-state index < -0.39 is 2.03 Å². The second-order valence-electron chi connectivity index (χ2n) is 3.06. The molecule has 0 radical (unpaired) electrons. The fourth-order valence-corrected chi connectivity index (χ4v) is 0.671. The molecule has 0 aromatic rings. The summed E-state index contributed by atoms with van der Waals surface area (Å²) in [6.45, 7) is 10.5. The molecule has 0 bridgehead atoms. The van der Waals surface area contributed by atoms with Crippen LogP contribution in [-0.2, 0) is 0 Å². The summed E-state index contributed by atoms with van der Waals surface area (Å²) in [6, 6.07) is 0. The van der Waals surface area contributed by atoms with Crippen molar-refractivity contribution in [3.63, 3.8) is 0 Å². The molecule has 0 saturated carbocycles. The summed E-state index contributed by atoms with van der Waals surface area (Å²) in [4.78, 5) is 0. The van der Waals surface area contributed by atoms with Gasteiger partial charge in [0.15, 0.2) is 0 Å². The molecular weight excluding hydrogens is 384 g/mol. The summed E-state index contributed by atoms with van der Waals surface area (Å²) >= 11 is 14.5. The second-order valence-corrected chi connectivity index (χ2v) is 13.1. The number of halogens is 4. The Hall–Kier alpha value is 1.75. The average Bonchev–Trinajstić information content (AvgIpc) is 2.00. The van der Waals surface area contributed by atoms with Crippen molar-refractivity contribution in [2.45, 2.75) is 20.8 Å². The van der Waals surface area contributed by atoms with Crippen LogP contribution in [0.4, 0.5) is 0 Å². The smallest absolute Gasteiger partial charge is 0.265 e. The maximum absolute atomic E-state index is 5.34. The number of quaternary nitrogens is 1. The Labute approximate surface area is 112 Å². The van der Waals surface area contributed by atoms with Crippen molar-refractivity contribution < 1.29 is 4.48 Å². The highest BCUT2D eigenvalue weighted by atomic mass is 79.9. The first-order chi connectivity index (χ1) is 5.68. The highest BCUT2D eigenvalue weighted by molar-refractivity contribution is 9.74. The monoisotopic (exact) mass is 399 g/mol. The molecule has 0 fully saturated rings. The first-order valence-corrected chi connectivity index (χ1v) is 7.57. The largest absolute Gasteiger partial charge is 0.346 e. The lowest BCUT2D eigenvalue weighted by Gasteiger charge is -2.30. The topological polar surface area (TPSA) is 0 Å². The highest BCUT2D eigenvalue weighted by Crippen LogP contribution is 2.30. The molecule has 13 heavy (non-hydrogen) atoms. The minimum atomic E-state index is -1.09. The normalized spacial score (nSPS) is 12.0. The van der Waals surface area contributed by atoms with Crippen LogP contribution in [0.2, 0.25) is 0 Å². The van der Waals surface area contributed by atoms with Gasteiger partial charge >= 0.3 is 0 Å². The summed E-state index contributed by atoms with van der Waals surface area (Å²) < 4.78 is 0.118. The van der Waals surface area contributed by atoms with Gasteiger partial charge in [-0.15, -0.1) is 0 Å². The second kappa shape index (κ2) is 7.97. The molecular formula is C7H18BBr3ClN. The van der Waals surface area contributed by atoms with E-state index in [0.29, 0.717) is 0 Å². The van der Waals surface area contributed by atoms with Gasteiger partial charge in [0, 0.05) is 0 Å². The van der Waals surface area contributed by atoms with Gasteiger partial charge in [0.1, 0.15) is 0 Å². The number of nitrogens with zero attached hydrogens (tertiary/aromatic N) is 1. The number of hydrogen-bond acceptors (Lipinski definition) is 0. The van der Waals surface area contributed by atoms with Crippen molar-refractivity contribution >= 4 is 60.8 Å². The van der Waals surface area contributed by atoms with Gasteiger partial charge in [0.2, 0.25) is 0 Å². The summed E-state index contributed by atoms with van der Waals surface area (Å²) in [5.74, 6) is 0. The van der Waals surface area contributed by atoms with E-state index >= 15 is 0 Å². The maximum Gasteiger partial charge on any atom is 0.265 e. The lowest BCUT2D eigenvalue weighted by molar-refractivity contribution is -0.904. The lowest BCUT2D eigenvalue weighted by Crippen LogP contribution is -2.42. The van der Waals surface area contributed by atoms with Gasteiger partial charge in [-0.05, 0) is 20.8 Å². The fourth-order valence-electron chi connectivity index (χ4n) is 0.671. The average molecular weight is 402 g/mol. The Morgan fingerprint density at radius 3 is 1.15 bits per heavy atom. The molecule has 82 valence electrons. The van der Waals surface area contributed by atoms with E-state index in [9.17, 15) is 0 Å². The third-order valence-electron chi connectivity index (χ3n) is 2.29. The van der Waals surface area contributed by atoms with Crippen LogP contribution in [0.5, 0.6) is 0 Å². The molecule has 0 aliphatic carbocycles.